The van der Waals surface area contributed by atoms with E-state index in [9.17, 15) is 4.79 Å². The summed E-state index contributed by atoms with van der Waals surface area (Å²) in [6, 6.07) is -0.256. The number of carbonyl (C=O) groups excluding carboxylic acids is 1. The van der Waals surface area contributed by atoms with Crippen molar-refractivity contribution in [3.63, 3.8) is 0 Å². The van der Waals surface area contributed by atoms with Crippen molar-refractivity contribution in [3.8, 4) is 0 Å². The molecule has 0 aromatic carbocycles. The number of nitrogens with two attached hydrogens (primary N) is 1. The molecule has 0 aromatic heterocycles. The van der Waals surface area contributed by atoms with Gasteiger partial charge < -0.3 is 15.8 Å². The highest BCUT2D eigenvalue weighted by Crippen LogP contribution is 2.00. The predicted molar refractivity (Wildman–Crippen MR) is 53.9 cm³/mol. The number of amides is 1. The molecule has 0 aliphatic carbocycles. The Labute approximate surface area is 84.6 Å². The molecule has 1 saturated heterocycles. The number of nitrogens with zero attached hydrogens (tertiary/aromatic N) is 1. The second-order valence-electron chi connectivity index (χ2n) is 3.51. The van der Waals surface area contributed by atoms with E-state index >= 15 is 0 Å². The van der Waals surface area contributed by atoms with E-state index in [2.05, 4.69) is 10.2 Å². The zero-order valence-electron chi connectivity index (χ0n) is 8.66. The first-order valence-electron chi connectivity index (χ1n) is 5.00. The number of rotatable bonds is 4. The molecular weight excluding hydrogens is 182 g/mol. The highest BCUT2D eigenvalue weighted by atomic mass is 16.5. The fourth-order valence-electron chi connectivity index (χ4n) is 1.56. The average Bonchev–Trinajstić information content (AvgIpc) is 2.41. The lowest BCUT2D eigenvalue weighted by molar-refractivity contribution is -0.120. The van der Waals surface area contributed by atoms with Crippen LogP contribution in [-0.2, 0) is 9.53 Å². The van der Waals surface area contributed by atoms with Crippen molar-refractivity contribution in [1.82, 2.24) is 10.2 Å². The summed E-state index contributed by atoms with van der Waals surface area (Å²) in [5.41, 5.74) is 5.24. The molecule has 1 fully saturated rings. The first-order chi connectivity index (χ1) is 6.74. The first-order valence-corrected chi connectivity index (χ1v) is 5.00. The van der Waals surface area contributed by atoms with E-state index in [1.54, 1.807) is 7.05 Å². The van der Waals surface area contributed by atoms with Crippen molar-refractivity contribution in [2.45, 2.75) is 12.5 Å². The minimum absolute atomic E-state index is 0.256. The third-order valence-electron chi connectivity index (χ3n) is 2.45. The molecule has 1 unspecified atom stereocenters. The van der Waals surface area contributed by atoms with Crippen LogP contribution >= 0.6 is 0 Å². The average molecular weight is 201 g/mol. The Bertz CT molecular complexity index is 179. The molecule has 3 N–H and O–H groups in total. The van der Waals surface area contributed by atoms with Crippen LogP contribution in [0.15, 0.2) is 0 Å². The molecule has 0 spiro atoms. The molecule has 5 nitrogen and oxygen atoms in total. The van der Waals surface area contributed by atoms with Gasteiger partial charge in [-0.2, -0.15) is 0 Å². The number of primary amides is 1. The monoisotopic (exact) mass is 201 g/mol. The van der Waals surface area contributed by atoms with Gasteiger partial charge in [-0.3, -0.25) is 9.69 Å². The Balaban J connectivity index is 2.35. The second-order valence-corrected chi connectivity index (χ2v) is 3.51. The van der Waals surface area contributed by atoms with Gasteiger partial charge in [-0.25, -0.2) is 0 Å². The van der Waals surface area contributed by atoms with Crippen LogP contribution in [0.1, 0.15) is 6.42 Å². The summed E-state index contributed by atoms with van der Waals surface area (Å²) in [7, 11) is 1.75. The number of likely N-dealkylation sites (N-methyl/N-ethyl adjacent to an activating group) is 1. The maximum Gasteiger partial charge on any atom is 0.235 e. The number of hydrogen-bond acceptors (Lipinski definition) is 4. The van der Waals surface area contributed by atoms with Crippen molar-refractivity contribution < 1.29 is 9.53 Å². The lowest BCUT2D eigenvalue weighted by Crippen LogP contribution is -2.48. The van der Waals surface area contributed by atoms with Crippen LogP contribution in [0.3, 0.4) is 0 Å². The maximum absolute atomic E-state index is 11.0. The van der Waals surface area contributed by atoms with Crippen LogP contribution in [0.5, 0.6) is 0 Å². The topological polar surface area (TPSA) is 67.6 Å². The van der Waals surface area contributed by atoms with E-state index in [4.69, 9.17) is 10.5 Å². The zero-order chi connectivity index (χ0) is 10.4. The third-order valence-corrected chi connectivity index (χ3v) is 2.45. The highest BCUT2D eigenvalue weighted by molar-refractivity contribution is 5.80. The second kappa shape index (κ2) is 5.95. The molecule has 1 atom stereocenters. The van der Waals surface area contributed by atoms with Gasteiger partial charge >= 0.3 is 0 Å². The minimum Gasteiger partial charge on any atom is -0.380 e. The molecule has 1 aliphatic rings. The van der Waals surface area contributed by atoms with Crippen molar-refractivity contribution in [2.75, 3.05) is 39.9 Å². The summed E-state index contributed by atoms with van der Waals surface area (Å²) in [6.45, 7) is 4.10. The molecule has 0 bridgehead atoms. The standard InChI is InChI=1S/C9H19N3O2/c1-11-8(9(10)13)7-12-3-2-5-14-6-4-12/h8,11H,2-7H2,1H3,(H2,10,13). The van der Waals surface area contributed by atoms with E-state index < -0.39 is 0 Å². The van der Waals surface area contributed by atoms with Crippen molar-refractivity contribution in [2.24, 2.45) is 5.73 Å². The summed E-state index contributed by atoms with van der Waals surface area (Å²) >= 11 is 0. The molecule has 0 aromatic rings. The Morgan fingerprint density at radius 2 is 2.36 bits per heavy atom. The molecule has 82 valence electrons. The lowest BCUT2D eigenvalue weighted by Gasteiger charge is -2.23. The third kappa shape index (κ3) is 3.61. The van der Waals surface area contributed by atoms with E-state index in [1.807, 2.05) is 0 Å². The van der Waals surface area contributed by atoms with Gasteiger partial charge in [0.2, 0.25) is 5.91 Å². The van der Waals surface area contributed by atoms with E-state index in [-0.39, 0.29) is 11.9 Å². The molecule has 5 heteroatoms. The van der Waals surface area contributed by atoms with Crippen LogP contribution in [0.2, 0.25) is 0 Å². The Kier molecular flexibility index (Phi) is 4.86. The number of ether oxygens (including phenoxy) is 1. The van der Waals surface area contributed by atoms with Crippen LogP contribution in [-0.4, -0.2) is 56.7 Å². The fraction of sp³-hybridized carbons (Fsp3) is 0.889. The zero-order valence-corrected chi connectivity index (χ0v) is 8.66. The Morgan fingerprint density at radius 3 is 3.00 bits per heavy atom. The molecule has 1 amide bonds. The van der Waals surface area contributed by atoms with Crippen LogP contribution in [0.25, 0.3) is 0 Å². The first kappa shape index (κ1) is 11.4. The largest absolute Gasteiger partial charge is 0.380 e. The van der Waals surface area contributed by atoms with Gasteiger partial charge in [-0.05, 0) is 13.5 Å². The summed E-state index contributed by atoms with van der Waals surface area (Å²) in [5, 5.41) is 2.91. The van der Waals surface area contributed by atoms with Gasteiger partial charge in [-0.1, -0.05) is 0 Å². The highest BCUT2D eigenvalue weighted by Gasteiger charge is 2.18. The quantitative estimate of drug-likeness (QED) is 0.598. The van der Waals surface area contributed by atoms with Gasteiger partial charge in [0.15, 0.2) is 0 Å². The smallest absolute Gasteiger partial charge is 0.235 e. The van der Waals surface area contributed by atoms with E-state index in [0.717, 1.165) is 32.7 Å². The molecular formula is C9H19N3O2. The van der Waals surface area contributed by atoms with E-state index in [0.29, 0.717) is 6.54 Å². The summed E-state index contributed by atoms with van der Waals surface area (Å²) in [4.78, 5) is 13.2. The SMILES string of the molecule is CNC(CN1CCCOCC1)C(N)=O. The molecule has 1 heterocycles. The van der Waals surface area contributed by atoms with Gasteiger partial charge in [-0.15, -0.1) is 0 Å². The van der Waals surface area contributed by atoms with E-state index in [1.165, 1.54) is 0 Å². The van der Waals surface area contributed by atoms with Crippen LogP contribution < -0.4 is 11.1 Å². The molecule has 1 rings (SSSR count). The molecule has 1 aliphatic heterocycles. The summed E-state index contributed by atoms with van der Waals surface area (Å²) in [5.74, 6) is -0.294. The number of carbonyl (C=O) groups is 1. The Morgan fingerprint density at radius 1 is 1.57 bits per heavy atom. The molecule has 0 radical (unpaired) electrons. The molecule has 0 saturated carbocycles. The molecule has 14 heavy (non-hydrogen) atoms. The summed E-state index contributed by atoms with van der Waals surface area (Å²) in [6.07, 6.45) is 1.02. The number of nitrogens with one attached hydrogen (secondary N) is 1. The van der Waals surface area contributed by atoms with Gasteiger partial charge in [0, 0.05) is 26.2 Å². The predicted octanol–water partition coefficient (Wildman–Crippen LogP) is -1.22. The normalized spacial score (nSPS) is 21.5. The lowest BCUT2D eigenvalue weighted by atomic mass is 10.2. The van der Waals surface area contributed by atoms with Crippen LogP contribution in [0, 0.1) is 0 Å². The number of hydrogen-bond donors (Lipinski definition) is 2. The fourth-order valence-corrected chi connectivity index (χ4v) is 1.56. The van der Waals surface area contributed by atoms with Gasteiger partial charge in [0.1, 0.15) is 0 Å². The van der Waals surface area contributed by atoms with Crippen molar-refractivity contribution >= 4 is 5.91 Å². The summed E-state index contributed by atoms with van der Waals surface area (Å²) < 4.78 is 5.32. The van der Waals surface area contributed by atoms with Gasteiger partial charge in [0.05, 0.1) is 12.6 Å². The van der Waals surface area contributed by atoms with Crippen molar-refractivity contribution in [3.05, 3.63) is 0 Å². The van der Waals surface area contributed by atoms with Crippen molar-refractivity contribution in [1.29, 1.82) is 0 Å². The van der Waals surface area contributed by atoms with Gasteiger partial charge in [0.25, 0.3) is 0 Å². The Hall–Kier alpha value is -0.650. The van der Waals surface area contributed by atoms with Crippen LogP contribution in [0.4, 0.5) is 0 Å². The minimum atomic E-state index is -0.294. The maximum atomic E-state index is 11.0.